The van der Waals surface area contributed by atoms with Crippen LogP contribution in [-0.2, 0) is 9.59 Å². The highest BCUT2D eigenvalue weighted by molar-refractivity contribution is 6.33. The van der Waals surface area contributed by atoms with E-state index < -0.39 is 23.5 Å². The molecule has 0 aromatic carbocycles. The summed E-state index contributed by atoms with van der Waals surface area (Å²) in [5.41, 5.74) is -1.32. The Labute approximate surface area is 160 Å². The smallest absolute Gasteiger partial charge is 0.337 e. The molecule has 2 fully saturated rings. The summed E-state index contributed by atoms with van der Waals surface area (Å²) >= 11 is 5.84. The van der Waals surface area contributed by atoms with Crippen molar-refractivity contribution >= 4 is 35.8 Å². The van der Waals surface area contributed by atoms with Gasteiger partial charge in [0.1, 0.15) is 11.2 Å². The summed E-state index contributed by atoms with van der Waals surface area (Å²) in [6, 6.07) is 1.35. The second-order valence-corrected chi connectivity index (χ2v) is 7.17. The summed E-state index contributed by atoms with van der Waals surface area (Å²) < 4.78 is 0. The zero-order chi connectivity index (χ0) is 20.2. The van der Waals surface area contributed by atoms with Crippen LogP contribution < -0.4 is 4.90 Å². The van der Waals surface area contributed by atoms with Gasteiger partial charge in [-0.15, -0.1) is 0 Å². The number of nitrogens with zero attached hydrogens (tertiary/aromatic N) is 2. The van der Waals surface area contributed by atoms with Crippen molar-refractivity contribution < 1.29 is 34.8 Å². The van der Waals surface area contributed by atoms with Gasteiger partial charge in [0.05, 0.1) is 16.7 Å². The van der Waals surface area contributed by atoms with E-state index in [2.05, 4.69) is 4.98 Å². The summed E-state index contributed by atoms with van der Waals surface area (Å²) in [6.07, 6.45) is 3.05. The lowest BCUT2D eigenvalue weighted by atomic mass is 9.73. The SMILES string of the molecule is O=C(O)c1cc(N2CC[C@@H](O)[C@@](CC3CC3)(C(=O)O)C2)ncc1Cl.O=CO. The second-order valence-electron chi connectivity index (χ2n) is 6.77. The van der Waals surface area contributed by atoms with E-state index in [9.17, 15) is 24.9 Å². The largest absolute Gasteiger partial charge is 0.483 e. The third-order valence-electron chi connectivity index (χ3n) is 4.95. The number of piperidine rings is 1. The molecule has 0 unspecified atom stereocenters. The normalized spacial score (nSPS) is 24.5. The molecule has 10 heteroatoms. The first kappa shape index (κ1) is 20.9. The van der Waals surface area contributed by atoms with Gasteiger partial charge in [0, 0.05) is 19.3 Å². The van der Waals surface area contributed by atoms with Crippen LogP contribution in [-0.4, -0.2) is 63.0 Å². The lowest BCUT2D eigenvalue weighted by molar-refractivity contribution is -0.158. The van der Waals surface area contributed by atoms with Crippen molar-refractivity contribution in [2.24, 2.45) is 11.3 Å². The Kier molecular flexibility index (Phi) is 6.61. The monoisotopic (exact) mass is 400 g/mol. The molecule has 1 aromatic heterocycles. The number of carboxylic acids is 2. The summed E-state index contributed by atoms with van der Waals surface area (Å²) in [4.78, 5) is 37.4. The van der Waals surface area contributed by atoms with Gasteiger partial charge in [-0.05, 0) is 24.8 Å². The van der Waals surface area contributed by atoms with Crippen LogP contribution in [0.3, 0.4) is 0 Å². The number of aliphatic carboxylic acids is 1. The zero-order valence-corrected chi connectivity index (χ0v) is 15.2. The van der Waals surface area contributed by atoms with Crippen LogP contribution in [0.25, 0.3) is 0 Å². The maximum atomic E-state index is 11.9. The Bertz CT molecular complexity index is 725. The Hall–Kier alpha value is -2.39. The molecular formula is C17H21ClN2O7. The van der Waals surface area contributed by atoms with Gasteiger partial charge in [0.2, 0.25) is 0 Å². The zero-order valence-electron chi connectivity index (χ0n) is 14.4. The summed E-state index contributed by atoms with van der Waals surface area (Å²) in [6.45, 7) is 0.266. The van der Waals surface area contributed by atoms with E-state index in [1.165, 1.54) is 12.3 Å². The molecule has 1 saturated heterocycles. The predicted molar refractivity (Wildman–Crippen MR) is 95.1 cm³/mol. The highest BCUT2D eigenvalue weighted by Gasteiger charge is 2.52. The summed E-state index contributed by atoms with van der Waals surface area (Å²) in [5.74, 6) is -1.48. The van der Waals surface area contributed by atoms with Gasteiger partial charge in [-0.25, -0.2) is 9.78 Å². The summed E-state index contributed by atoms with van der Waals surface area (Å²) in [7, 11) is 0. The number of aliphatic hydroxyl groups excluding tert-OH is 1. The van der Waals surface area contributed by atoms with Crippen molar-refractivity contribution in [1.82, 2.24) is 4.98 Å². The first-order valence-corrected chi connectivity index (χ1v) is 8.76. The van der Waals surface area contributed by atoms with Crippen LogP contribution in [0.2, 0.25) is 5.02 Å². The molecule has 3 rings (SSSR count). The number of hydrogen-bond acceptors (Lipinski definition) is 6. The average Bonchev–Trinajstić information content (AvgIpc) is 3.41. The first-order chi connectivity index (χ1) is 12.7. The number of anilines is 1. The molecule has 1 aromatic rings. The molecule has 2 heterocycles. The maximum Gasteiger partial charge on any atom is 0.337 e. The molecule has 2 atom stereocenters. The van der Waals surface area contributed by atoms with E-state index in [0.29, 0.717) is 31.1 Å². The van der Waals surface area contributed by atoms with Gasteiger partial charge in [-0.2, -0.15) is 0 Å². The molecule has 0 bridgehead atoms. The van der Waals surface area contributed by atoms with Crippen LogP contribution in [0.15, 0.2) is 12.3 Å². The standard InChI is InChI=1S/C16H19ClN2O5.CH2O2/c17-11-7-18-13(5-10(11)14(21)22)19-4-3-12(20)16(8-19,15(23)24)6-9-1-2-9;2-1-3/h5,7,9,12,20H,1-4,6,8H2,(H,21,22)(H,23,24);1H,(H,2,3)/t12-,16+;/m1./s1. The average molecular weight is 401 g/mol. The van der Waals surface area contributed by atoms with Crippen LogP contribution in [0, 0.1) is 11.3 Å². The molecule has 1 aliphatic carbocycles. The minimum Gasteiger partial charge on any atom is -0.483 e. The van der Waals surface area contributed by atoms with Crippen LogP contribution in [0.1, 0.15) is 36.0 Å². The molecule has 0 radical (unpaired) electrons. The van der Waals surface area contributed by atoms with E-state index >= 15 is 0 Å². The van der Waals surface area contributed by atoms with Crippen molar-refractivity contribution in [1.29, 1.82) is 0 Å². The molecule has 4 N–H and O–H groups in total. The minimum absolute atomic E-state index is 0.0331. The van der Waals surface area contributed by atoms with Crippen molar-refractivity contribution in [3.05, 3.63) is 22.8 Å². The Balaban J connectivity index is 0.000000817. The first-order valence-electron chi connectivity index (χ1n) is 8.38. The molecule has 0 amide bonds. The lowest BCUT2D eigenvalue weighted by Crippen LogP contribution is -2.56. The number of halogens is 1. The second kappa shape index (κ2) is 8.53. The van der Waals surface area contributed by atoms with Crippen molar-refractivity contribution in [2.45, 2.75) is 31.8 Å². The van der Waals surface area contributed by atoms with Gasteiger partial charge in [-0.3, -0.25) is 9.59 Å². The number of aromatic carboxylic acids is 1. The molecule has 9 nitrogen and oxygen atoms in total. The number of pyridine rings is 1. The van der Waals surface area contributed by atoms with Crippen LogP contribution in [0.4, 0.5) is 5.82 Å². The van der Waals surface area contributed by atoms with Crippen molar-refractivity contribution in [3.63, 3.8) is 0 Å². The molecule has 27 heavy (non-hydrogen) atoms. The molecular weight excluding hydrogens is 380 g/mol. The molecule has 148 valence electrons. The third kappa shape index (κ3) is 4.67. The number of carbonyl (C=O) groups is 3. The lowest BCUT2D eigenvalue weighted by Gasteiger charge is -2.44. The summed E-state index contributed by atoms with van der Waals surface area (Å²) in [5, 5.41) is 36.2. The van der Waals surface area contributed by atoms with Gasteiger partial charge in [-0.1, -0.05) is 24.4 Å². The number of aromatic nitrogens is 1. The van der Waals surface area contributed by atoms with E-state index in [1.807, 2.05) is 0 Å². The van der Waals surface area contributed by atoms with Crippen molar-refractivity contribution in [3.8, 4) is 0 Å². The number of aliphatic hydroxyl groups is 1. The maximum absolute atomic E-state index is 11.9. The van der Waals surface area contributed by atoms with Crippen molar-refractivity contribution in [2.75, 3.05) is 18.0 Å². The number of carboxylic acid groups (broad SMARTS) is 3. The molecule has 2 aliphatic rings. The number of hydrogen-bond donors (Lipinski definition) is 4. The van der Waals surface area contributed by atoms with Gasteiger partial charge >= 0.3 is 11.9 Å². The quantitative estimate of drug-likeness (QED) is 0.540. The Morgan fingerprint density at radius 3 is 2.48 bits per heavy atom. The molecule has 1 aliphatic heterocycles. The van der Waals surface area contributed by atoms with E-state index in [1.54, 1.807) is 4.90 Å². The predicted octanol–water partition coefficient (Wildman–Crippen LogP) is 1.58. The number of rotatable bonds is 5. The van der Waals surface area contributed by atoms with Crippen LogP contribution >= 0.6 is 11.6 Å². The topological polar surface area (TPSA) is 148 Å². The molecule has 0 spiro atoms. The van der Waals surface area contributed by atoms with Gasteiger partial charge in [0.15, 0.2) is 0 Å². The Morgan fingerprint density at radius 2 is 1.96 bits per heavy atom. The minimum atomic E-state index is -1.25. The molecule has 1 saturated carbocycles. The Morgan fingerprint density at radius 1 is 1.33 bits per heavy atom. The van der Waals surface area contributed by atoms with E-state index in [0.717, 1.165) is 12.8 Å². The highest BCUT2D eigenvalue weighted by atomic mass is 35.5. The highest BCUT2D eigenvalue weighted by Crippen LogP contribution is 2.45. The van der Waals surface area contributed by atoms with Crippen LogP contribution in [0.5, 0.6) is 0 Å². The fourth-order valence-corrected chi connectivity index (χ4v) is 3.56. The van der Waals surface area contributed by atoms with Gasteiger partial charge in [0.25, 0.3) is 6.47 Å². The van der Waals surface area contributed by atoms with Gasteiger partial charge < -0.3 is 25.3 Å². The fraction of sp³-hybridized carbons (Fsp3) is 0.529. The fourth-order valence-electron chi connectivity index (χ4n) is 3.37. The van der Waals surface area contributed by atoms with E-state index in [4.69, 9.17) is 21.5 Å². The third-order valence-corrected chi connectivity index (χ3v) is 5.26. The van der Waals surface area contributed by atoms with E-state index in [-0.39, 0.29) is 23.6 Å².